The summed E-state index contributed by atoms with van der Waals surface area (Å²) in [5, 5.41) is 8.71. The van der Waals surface area contributed by atoms with E-state index in [1.54, 1.807) is 6.92 Å². The Morgan fingerprint density at radius 1 is 1.35 bits per heavy atom. The molecule has 1 unspecified atom stereocenters. The third kappa shape index (κ3) is 4.34. The summed E-state index contributed by atoms with van der Waals surface area (Å²) in [5.74, 6) is 0.310. The topological polar surface area (TPSA) is 70.2 Å². The van der Waals surface area contributed by atoms with Crippen LogP contribution in [0.4, 0.5) is 0 Å². The molecule has 5 nitrogen and oxygen atoms in total. The quantitative estimate of drug-likeness (QED) is 0.642. The van der Waals surface area contributed by atoms with E-state index in [2.05, 4.69) is 16.0 Å². The zero-order chi connectivity index (χ0) is 13.1. The van der Waals surface area contributed by atoms with Crippen molar-refractivity contribution in [2.45, 2.75) is 33.7 Å². The summed E-state index contributed by atoms with van der Waals surface area (Å²) in [6.07, 6.45) is 0. The van der Waals surface area contributed by atoms with Gasteiger partial charge >= 0.3 is 0 Å². The lowest BCUT2D eigenvalue weighted by Crippen LogP contribution is -2.52. The van der Waals surface area contributed by atoms with Crippen molar-refractivity contribution < 1.29 is 9.59 Å². The Morgan fingerprint density at radius 2 is 1.94 bits per heavy atom. The van der Waals surface area contributed by atoms with Gasteiger partial charge in [0.1, 0.15) is 6.04 Å². The first-order chi connectivity index (χ1) is 7.80. The Balaban J connectivity index is 2.28. The number of nitrogens with one attached hydrogen (secondary N) is 3. The Bertz CT molecular complexity index is 293. The molecular formula is C12H23N3O2. The molecule has 2 amide bonds. The molecule has 0 radical (unpaired) electrons. The number of rotatable bonds is 4. The van der Waals surface area contributed by atoms with Gasteiger partial charge in [0.25, 0.3) is 0 Å². The van der Waals surface area contributed by atoms with Crippen LogP contribution in [0.3, 0.4) is 0 Å². The Morgan fingerprint density at radius 3 is 2.35 bits per heavy atom. The molecule has 1 heterocycles. The van der Waals surface area contributed by atoms with Crippen LogP contribution in [0.25, 0.3) is 0 Å². The molecule has 1 aliphatic rings. The van der Waals surface area contributed by atoms with E-state index in [1.165, 1.54) is 0 Å². The maximum atomic E-state index is 11.7. The molecular weight excluding hydrogens is 218 g/mol. The van der Waals surface area contributed by atoms with Gasteiger partial charge in [-0.25, -0.2) is 0 Å². The van der Waals surface area contributed by atoms with E-state index in [1.807, 2.05) is 20.8 Å². The second-order valence-corrected chi connectivity index (χ2v) is 5.71. The standard InChI is InChI=1S/C12H23N3O2/c1-8(15-11(17)12(2,3)4)10(16)14-7-9-5-13-6-9/h8-9,13H,5-7H2,1-4H3,(H,14,16)(H,15,17). The van der Waals surface area contributed by atoms with Crippen molar-refractivity contribution in [3.8, 4) is 0 Å². The van der Waals surface area contributed by atoms with Crippen LogP contribution in [0.5, 0.6) is 0 Å². The zero-order valence-corrected chi connectivity index (χ0v) is 11.1. The van der Waals surface area contributed by atoms with Crippen molar-refractivity contribution in [3.63, 3.8) is 0 Å². The summed E-state index contributed by atoms with van der Waals surface area (Å²) in [6, 6.07) is -0.477. The second kappa shape index (κ2) is 5.49. The average Bonchev–Trinajstić information content (AvgIpc) is 2.13. The van der Waals surface area contributed by atoms with Crippen LogP contribution in [0, 0.1) is 11.3 Å². The third-order valence-corrected chi connectivity index (χ3v) is 2.85. The van der Waals surface area contributed by atoms with Crippen LogP contribution in [0.2, 0.25) is 0 Å². The Labute approximate surface area is 103 Å². The SMILES string of the molecule is CC(NC(=O)C(C)(C)C)C(=O)NCC1CNC1. The number of hydrogen-bond acceptors (Lipinski definition) is 3. The summed E-state index contributed by atoms with van der Waals surface area (Å²) in [7, 11) is 0. The first-order valence-electron chi connectivity index (χ1n) is 6.10. The molecule has 0 aromatic carbocycles. The first kappa shape index (κ1) is 14.0. The lowest BCUT2D eigenvalue weighted by Gasteiger charge is -2.28. The minimum atomic E-state index is -0.477. The van der Waals surface area contributed by atoms with Crippen LogP contribution in [0.1, 0.15) is 27.7 Å². The van der Waals surface area contributed by atoms with E-state index in [-0.39, 0.29) is 11.8 Å². The van der Waals surface area contributed by atoms with Gasteiger partial charge in [-0.05, 0) is 6.92 Å². The minimum absolute atomic E-state index is 0.106. The fourth-order valence-electron chi connectivity index (χ4n) is 1.37. The molecule has 17 heavy (non-hydrogen) atoms. The molecule has 0 aliphatic carbocycles. The van der Waals surface area contributed by atoms with Gasteiger partial charge in [-0.15, -0.1) is 0 Å². The largest absolute Gasteiger partial charge is 0.354 e. The van der Waals surface area contributed by atoms with Crippen LogP contribution in [-0.4, -0.2) is 37.5 Å². The highest BCUT2D eigenvalue weighted by molar-refractivity contribution is 5.89. The summed E-state index contributed by atoms with van der Waals surface area (Å²) >= 11 is 0. The molecule has 1 atom stereocenters. The second-order valence-electron chi connectivity index (χ2n) is 5.71. The van der Waals surface area contributed by atoms with Crippen molar-refractivity contribution >= 4 is 11.8 Å². The predicted octanol–water partition coefficient (Wildman–Crippen LogP) is -0.127. The molecule has 1 aliphatic heterocycles. The molecule has 5 heteroatoms. The third-order valence-electron chi connectivity index (χ3n) is 2.85. The van der Waals surface area contributed by atoms with Gasteiger partial charge in [0.05, 0.1) is 0 Å². The van der Waals surface area contributed by atoms with Crippen LogP contribution < -0.4 is 16.0 Å². The Hall–Kier alpha value is -1.10. The zero-order valence-electron chi connectivity index (χ0n) is 11.1. The van der Waals surface area contributed by atoms with Crippen molar-refractivity contribution in [2.24, 2.45) is 11.3 Å². The molecule has 1 rings (SSSR count). The summed E-state index contributed by atoms with van der Waals surface area (Å²) in [5.41, 5.74) is -0.466. The molecule has 0 aromatic heterocycles. The van der Waals surface area contributed by atoms with Crippen molar-refractivity contribution in [2.75, 3.05) is 19.6 Å². The molecule has 3 N–H and O–H groups in total. The van der Waals surface area contributed by atoms with Crippen molar-refractivity contribution in [1.82, 2.24) is 16.0 Å². The average molecular weight is 241 g/mol. The highest BCUT2D eigenvalue weighted by Crippen LogP contribution is 2.12. The lowest BCUT2D eigenvalue weighted by atomic mass is 9.95. The van der Waals surface area contributed by atoms with Gasteiger partial charge in [-0.3, -0.25) is 9.59 Å². The molecule has 1 saturated heterocycles. The molecule has 0 bridgehead atoms. The van der Waals surface area contributed by atoms with E-state index in [0.717, 1.165) is 13.1 Å². The minimum Gasteiger partial charge on any atom is -0.354 e. The van der Waals surface area contributed by atoms with Gasteiger partial charge in [-0.1, -0.05) is 20.8 Å². The lowest BCUT2D eigenvalue weighted by molar-refractivity contribution is -0.133. The number of carbonyl (C=O) groups excluding carboxylic acids is 2. The summed E-state index contributed by atoms with van der Waals surface area (Å²) in [6.45, 7) is 9.79. The maximum Gasteiger partial charge on any atom is 0.242 e. The highest BCUT2D eigenvalue weighted by Gasteiger charge is 2.25. The van der Waals surface area contributed by atoms with Crippen molar-refractivity contribution in [1.29, 1.82) is 0 Å². The van der Waals surface area contributed by atoms with Gasteiger partial charge < -0.3 is 16.0 Å². The molecule has 98 valence electrons. The van der Waals surface area contributed by atoms with Gasteiger partial charge in [0, 0.05) is 31.0 Å². The first-order valence-corrected chi connectivity index (χ1v) is 6.10. The maximum absolute atomic E-state index is 11.7. The highest BCUT2D eigenvalue weighted by atomic mass is 16.2. The van der Waals surface area contributed by atoms with Crippen LogP contribution in [0.15, 0.2) is 0 Å². The van der Waals surface area contributed by atoms with Gasteiger partial charge in [0.15, 0.2) is 0 Å². The van der Waals surface area contributed by atoms with E-state index in [9.17, 15) is 9.59 Å². The van der Waals surface area contributed by atoms with E-state index >= 15 is 0 Å². The van der Waals surface area contributed by atoms with Gasteiger partial charge in [-0.2, -0.15) is 0 Å². The van der Waals surface area contributed by atoms with Crippen LogP contribution >= 0.6 is 0 Å². The molecule has 1 fully saturated rings. The van der Waals surface area contributed by atoms with Gasteiger partial charge in [0.2, 0.25) is 11.8 Å². The smallest absolute Gasteiger partial charge is 0.242 e. The Kier molecular flexibility index (Phi) is 4.51. The fourth-order valence-corrected chi connectivity index (χ4v) is 1.37. The summed E-state index contributed by atoms with van der Waals surface area (Å²) < 4.78 is 0. The normalized spacial score (nSPS) is 18.1. The van der Waals surface area contributed by atoms with Crippen molar-refractivity contribution in [3.05, 3.63) is 0 Å². The number of carbonyl (C=O) groups is 2. The molecule has 0 saturated carbocycles. The fraction of sp³-hybridized carbons (Fsp3) is 0.833. The number of hydrogen-bond donors (Lipinski definition) is 3. The van der Waals surface area contributed by atoms with E-state index in [0.29, 0.717) is 12.5 Å². The van der Waals surface area contributed by atoms with E-state index in [4.69, 9.17) is 0 Å². The monoisotopic (exact) mass is 241 g/mol. The predicted molar refractivity (Wildman–Crippen MR) is 66.4 cm³/mol. The molecule has 0 aromatic rings. The molecule has 0 spiro atoms. The van der Waals surface area contributed by atoms with Crippen LogP contribution in [-0.2, 0) is 9.59 Å². The number of amides is 2. The summed E-state index contributed by atoms with van der Waals surface area (Å²) in [4.78, 5) is 23.4. The van der Waals surface area contributed by atoms with E-state index < -0.39 is 11.5 Å².